The summed E-state index contributed by atoms with van der Waals surface area (Å²) in [5.74, 6) is 0. The number of nitrogens with two attached hydrogens (primary N) is 1. The molecule has 0 unspecified atom stereocenters. The minimum Gasteiger partial charge on any atom is -0.368 e. The van der Waals surface area contributed by atoms with E-state index in [1.54, 1.807) is 0 Å². The van der Waals surface area contributed by atoms with Crippen molar-refractivity contribution in [1.82, 2.24) is 0 Å². The predicted molar refractivity (Wildman–Crippen MR) is 43.0 cm³/mol. The van der Waals surface area contributed by atoms with Crippen LogP contribution in [0.2, 0.25) is 0 Å². The SMILES string of the molecule is NC[C@@H]1OCc2ccccc21. The first kappa shape index (κ1) is 6.83. The van der Waals surface area contributed by atoms with Crippen LogP contribution in [0.3, 0.4) is 0 Å². The Labute approximate surface area is 66.0 Å². The van der Waals surface area contributed by atoms with E-state index < -0.39 is 0 Å². The smallest absolute Gasteiger partial charge is 0.0955 e. The third-order valence-corrected chi connectivity index (χ3v) is 2.06. The minimum absolute atomic E-state index is 0.131. The third-order valence-electron chi connectivity index (χ3n) is 2.06. The molecule has 2 nitrogen and oxygen atoms in total. The molecule has 2 heteroatoms. The van der Waals surface area contributed by atoms with E-state index in [1.807, 2.05) is 12.1 Å². The average molecular weight is 149 g/mol. The predicted octanol–water partition coefficient (Wildman–Crippen LogP) is 1.22. The molecule has 0 aromatic heterocycles. The number of fused-ring (bicyclic) bond motifs is 1. The molecule has 2 N–H and O–H groups in total. The van der Waals surface area contributed by atoms with Crippen molar-refractivity contribution in [3.63, 3.8) is 0 Å². The molecule has 0 amide bonds. The van der Waals surface area contributed by atoms with Gasteiger partial charge in [0.2, 0.25) is 0 Å². The van der Waals surface area contributed by atoms with Gasteiger partial charge in [-0.05, 0) is 11.1 Å². The molecule has 1 atom stereocenters. The molecule has 0 spiro atoms. The largest absolute Gasteiger partial charge is 0.368 e. The molecule has 58 valence electrons. The molecular formula is C9H11NO. The second kappa shape index (κ2) is 2.64. The van der Waals surface area contributed by atoms with Gasteiger partial charge in [-0.3, -0.25) is 0 Å². The van der Waals surface area contributed by atoms with Gasteiger partial charge in [-0.25, -0.2) is 0 Å². The van der Waals surface area contributed by atoms with Crippen molar-refractivity contribution in [2.45, 2.75) is 12.7 Å². The van der Waals surface area contributed by atoms with Gasteiger partial charge >= 0.3 is 0 Å². The van der Waals surface area contributed by atoms with Crippen LogP contribution >= 0.6 is 0 Å². The van der Waals surface area contributed by atoms with Gasteiger partial charge in [0, 0.05) is 6.54 Å². The molecule has 1 heterocycles. The van der Waals surface area contributed by atoms with E-state index in [4.69, 9.17) is 10.5 Å². The fourth-order valence-corrected chi connectivity index (χ4v) is 1.45. The Bertz CT molecular complexity index is 259. The van der Waals surface area contributed by atoms with Gasteiger partial charge in [-0.15, -0.1) is 0 Å². The average Bonchev–Trinajstić information content (AvgIpc) is 2.47. The second-order valence-corrected chi connectivity index (χ2v) is 2.73. The van der Waals surface area contributed by atoms with Crippen LogP contribution in [0.1, 0.15) is 17.2 Å². The molecular weight excluding hydrogens is 138 g/mol. The zero-order valence-electron chi connectivity index (χ0n) is 6.29. The zero-order chi connectivity index (χ0) is 7.68. The minimum atomic E-state index is 0.131. The molecule has 0 bridgehead atoms. The van der Waals surface area contributed by atoms with Crippen LogP contribution in [0, 0.1) is 0 Å². The lowest BCUT2D eigenvalue weighted by Gasteiger charge is -2.05. The number of hydrogen-bond donors (Lipinski definition) is 1. The van der Waals surface area contributed by atoms with E-state index in [2.05, 4.69) is 12.1 Å². The van der Waals surface area contributed by atoms with Crippen LogP contribution in [-0.2, 0) is 11.3 Å². The summed E-state index contributed by atoms with van der Waals surface area (Å²) in [6.45, 7) is 1.30. The summed E-state index contributed by atoms with van der Waals surface area (Å²) < 4.78 is 5.45. The van der Waals surface area contributed by atoms with Gasteiger partial charge in [0.15, 0.2) is 0 Å². The lowest BCUT2D eigenvalue weighted by molar-refractivity contribution is 0.0723. The fourth-order valence-electron chi connectivity index (χ4n) is 1.45. The first-order valence-corrected chi connectivity index (χ1v) is 3.81. The van der Waals surface area contributed by atoms with Gasteiger partial charge in [-0.2, -0.15) is 0 Å². The maximum absolute atomic E-state index is 5.52. The lowest BCUT2D eigenvalue weighted by atomic mass is 10.1. The van der Waals surface area contributed by atoms with Crippen LogP contribution in [0.25, 0.3) is 0 Å². The summed E-state index contributed by atoms with van der Waals surface area (Å²) in [7, 11) is 0. The monoisotopic (exact) mass is 149 g/mol. The highest BCUT2D eigenvalue weighted by atomic mass is 16.5. The number of ether oxygens (including phenoxy) is 1. The van der Waals surface area contributed by atoms with E-state index >= 15 is 0 Å². The zero-order valence-corrected chi connectivity index (χ0v) is 6.29. The summed E-state index contributed by atoms with van der Waals surface area (Å²) in [5, 5.41) is 0. The molecule has 0 fully saturated rings. The quantitative estimate of drug-likeness (QED) is 0.651. The second-order valence-electron chi connectivity index (χ2n) is 2.73. The first-order valence-electron chi connectivity index (χ1n) is 3.81. The number of benzene rings is 1. The van der Waals surface area contributed by atoms with E-state index in [0.29, 0.717) is 6.54 Å². The third kappa shape index (κ3) is 1.04. The van der Waals surface area contributed by atoms with Gasteiger partial charge in [0.1, 0.15) is 0 Å². The fraction of sp³-hybridized carbons (Fsp3) is 0.333. The van der Waals surface area contributed by atoms with Gasteiger partial charge in [-0.1, -0.05) is 24.3 Å². The molecule has 0 saturated carbocycles. The molecule has 11 heavy (non-hydrogen) atoms. The lowest BCUT2D eigenvalue weighted by Crippen LogP contribution is -2.10. The molecule has 0 aliphatic carbocycles. The van der Waals surface area contributed by atoms with E-state index in [9.17, 15) is 0 Å². The van der Waals surface area contributed by atoms with Crippen molar-refractivity contribution in [1.29, 1.82) is 0 Å². The Kier molecular flexibility index (Phi) is 1.64. The van der Waals surface area contributed by atoms with Crippen molar-refractivity contribution in [2.24, 2.45) is 5.73 Å². The Balaban J connectivity index is 2.39. The van der Waals surface area contributed by atoms with Gasteiger partial charge in [0.25, 0.3) is 0 Å². The van der Waals surface area contributed by atoms with E-state index in [0.717, 1.165) is 6.61 Å². The molecule has 0 saturated heterocycles. The normalized spacial score (nSPS) is 21.7. The first-order chi connectivity index (χ1) is 5.42. The van der Waals surface area contributed by atoms with Crippen molar-refractivity contribution in [2.75, 3.05) is 6.54 Å². The van der Waals surface area contributed by atoms with Crippen molar-refractivity contribution in [3.05, 3.63) is 35.4 Å². The van der Waals surface area contributed by atoms with Crippen LogP contribution in [-0.4, -0.2) is 6.54 Å². The van der Waals surface area contributed by atoms with Crippen molar-refractivity contribution < 1.29 is 4.74 Å². The van der Waals surface area contributed by atoms with Crippen LogP contribution in [0.15, 0.2) is 24.3 Å². The highest BCUT2D eigenvalue weighted by molar-refractivity contribution is 5.31. The summed E-state index contributed by atoms with van der Waals surface area (Å²) in [6.07, 6.45) is 0.131. The molecule has 1 aromatic rings. The summed E-state index contributed by atoms with van der Waals surface area (Å²) >= 11 is 0. The Morgan fingerprint density at radius 1 is 1.45 bits per heavy atom. The maximum atomic E-state index is 5.52. The summed E-state index contributed by atoms with van der Waals surface area (Å²) in [6, 6.07) is 8.22. The maximum Gasteiger partial charge on any atom is 0.0955 e. The van der Waals surface area contributed by atoms with Crippen LogP contribution < -0.4 is 5.73 Å². The standard InChI is InChI=1S/C9H11NO/c10-5-9-8-4-2-1-3-7(8)6-11-9/h1-4,9H,5-6,10H2/t9-/m0/s1. The Hall–Kier alpha value is -0.860. The number of hydrogen-bond acceptors (Lipinski definition) is 2. The van der Waals surface area contributed by atoms with Crippen LogP contribution in [0.5, 0.6) is 0 Å². The summed E-state index contributed by atoms with van der Waals surface area (Å²) in [5.41, 5.74) is 8.06. The Morgan fingerprint density at radius 3 is 3.09 bits per heavy atom. The van der Waals surface area contributed by atoms with E-state index in [1.165, 1.54) is 11.1 Å². The van der Waals surface area contributed by atoms with E-state index in [-0.39, 0.29) is 6.10 Å². The van der Waals surface area contributed by atoms with Gasteiger partial charge in [0.05, 0.1) is 12.7 Å². The topological polar surface area (TPSA) is 35.2 Å². The van der Waals surface area contributed by atoms with Gasteiger partial charge < -0.3 is 10.5 Å². The Morgan fingerprint density at radius 2 is 2.27 bits per heavy atom. The van der Waals surface area contributed by atoms with Crippen molar-refractivity contribution in [3.8, 4) is 0 Å². The van der Waals surface area contributed by atoms with Crippen LogP contribution in [0.4, 0.5) is 0 Å². The molecule has 2 rings (SSSR count). The highest BCUT2D eigenvalue weighted by Crippen LogP contribution is 2.28. The van der Waals surface area contributed by atoms with Crippen molar-refractivity contribution >= 4 is 0 Å². The molecule has 1 aliphatic heterocycles. The summed E-state index contributed by atoms with van der Waals surface area (Å²) in [4.78, 5) is 0. The molecule has 0 radical (unpaired) electrons. The molecule has 1 aliphatic rings. The number of rotatable bonds is 1. The molecule has 1 aromatic carbocycles. The highest BCUT2D eigenvalue weighted by Gasteiger charge is 2.20.